The number of carbonyl (C=O) groups is 1. The Hall–Kier alpha value is -1.29. The lowest BCUT2D eigenvalue weighted by atomic mass is 10.2. The fourth-order valence-electron chi connectivity index (χ4n) is 1.36. The van der Waals surface area contributed by atoms with Crippen molar-refractivity contribution < 1.29 is 4.79 Å². The molecule has 0 spiro atoms. The molecule has 1 heterocycles. The van der Waals surface area contributed by atoms with Gasteiger partial charge in [0.25, 0.3) is 0 Å². The number of hydrogen-bond acceptors (Lipinski definition) is 2. The van der Waals surface area contributed by atoms with Crippen LogP contribution >= 0.6 is 0 Å². The van der Waals surface area contributed by atoms with Gasteiger partial charge < -0.3 is 15.6 Å². The van der Waals surface area contributed by atoms with E-state index in [0.717, 1.165) is 19.4 Å². The summed E-state index contributed by atoms with van der Waals surface area (Å²) in [4.78, 5) is 11.3. The largest absolute Gasteiger partial charge is 0.354 e. The molecule has 1 aromatic rings. The van der Waals surface area contributed by atoms with Crippen LogP contribution < -0.4 is 11.1 Å². The van der Waals surface area contributed by atoms with Crippen LogP contribution in [0.1, 0.15) is 19.3 Å². The van der Waals surface area contributed by atoms with Crippen LogP contribution in [0.5, 0.6) is 0 Å². The van der Waals surface area contributed by atoms with Crippen molar-refractivity contribution in [2.24, 2.45) is 5.73 Å². The fraction of sp³-hybridized carbons (Fsp3) is 0.545. The van der Waals surface area contributed by atoms with Crippen molar-refractivity contribution in [3.63, 3.8) is 0 Å². The highest BCUT2D eigenvalue weighted by atomic mass is 16.1. The van der Waals surface area contributed by atoms with Crippen molar-refractivity contribution in [1.82, 2.24) is 9.88 Å². The van der Waals surface area contributed by atoms with E-state index < -0.39 is 0 Å². The lowest BCUT2D eigenvalue weighted by Crippen LogP contribution is -2.26. The number of nitrogens with zero attached hydrogens (tertiary/aromatic N) is 1. The van der Waals surface area contributed by atoms with Crippen molar-refractivity contribution in [3.05, 3.63) is 24.5 Å². The summed E-state index contributed by atoms with van der Waals surface area (Å²) >= 11 is 0. The Labute approximate surface area is 90.5 Å². The summed E-state index contributed by atoms with van der Waals surface area (Å²) in [6.45, 7) is 2.18. The van der Waals surface area contributed by atoms with Gasteiger partial charge in [-0.05, 0) is 31.5 Å². The molecule has 0 saturated heterocycles. The first-order valence-corrected chi connectivity index (χ1v) is 5.40. The van der Waals surface area contributed by atoms with Gasteiger partial charge in [-0.2, -0.15) is 0 Å². The number of aromatic nitrogens is 1. The molecule has 1 rings (SSSR count). The van der Waals surface area contributed by atoms with Gasteiger partial charge in [0.1, 0.15) is 0 Å². The lowest BCUT2D eigenvalue weighted by Gasteiger charge is -2.05. The van der Waals surface area contributed by atoms with Gasteiger partial charge in [0.15, 0.2) is 0 Å². The maximum atomic E-state index is 11.3. The summed E-state index contributed by atoms with van der Waals surface area (Å²) < 4.78 is 2.04. The van der Waals surface area contributed by atoms with Crippen LogP contribution in [0.4, 0.5) is 0 Å². The molecule has 0 fully saturated rings. The van der Waals surface area contributed by atoms with E-state index in [1.807, 2.05) is 29.1 Å². The number of amides is 1. The predicted molar refractivity (Wildman–Crippen MR) is 60.3 cm³/mol. The zero-order valence-electron chi connectivity index (χ0n) is 8.98. The topological polar surface area (TPSA) is 60.1 Å². The van der Waals surface area contributed by atoms with Crippen LogP contribution in [0.2, 0.25) is 0 Å². The summed E-state index contributed by atoms with van der Waals surface area (Å²) in [7, 11) is 0. The van der Waals surface area contributed by atoms with Crippen LogP contribution in [0.3, 0.4) is 0 Å². The normalized spacial score (nSPS) is 10.2. The number of unbranched alkanes of at least 4 members (excludes halogenated alkanes) is 1. The van der Waals surface area contributed by atoms with Crippen LogP contribution in [0.25, 0.3) is 0 Å². The molecule has 15 heavy (non-hydrogen) atoms. The third-order valence-electron chi connectivity index (χ3n) is 2.22. The maximum absolute atomic E-state index is 11.3. The molecule has 0 aliphatic rings. The molecule has 0 radical (unpaired) electrons. The van der Waals surface area contributed by atoms with E-state index in [1.165, 1.54) is 0 Å². The minimum atomic E-state index is 0.121. The van der Waals surface area contributed by atoms with Gasteiger partial charge >= 0.3 is 0 Å². The summed E-state index contributed by atoms with van der Waals surface area (Å²) in [6, 6.07) is 3.95. The SMILES string of the molecule is NCCCCC(=O)NCCn1cccc1. The first-order chi connectivity index (χ1) is 7.33. The van der Waals surface area contributed by atoms with Crippen molar-refractivity contribution in [2.75, 3.05) is 13.1 Å². The average molecular weight is 209 g/mol. The molecule has 0 atom stereocenters. The Morgan fingerprint density at radius 2 is 2.00 bits per heavy atom. The van der Waals surface area contributed by atoms with Gasteiger partial charge in [-0.1, -0.05) is 0 Å². The molecule has 84 valence electrons. The molecule has 0 bridgehead atoms. The van der Waals surface area contributed by atoms with Gasteiger partial charge in [0, 0.05) is 31.9 Å². The summed E-state index contributed by atoms with van der Waals surface area (Å²) in [5, 5.41) is 2.88. The summed E-state index contributed by atoms with van der Waals surface area (Å²) in [6.07, 6.45) is 6.36. The van der Waals surface area contributed by atoms with E-state index in [4.69, 9.17) is 5.73 Å². The van der Waals surface area contributed by atoms with Crippen LogP contribution in [-0.2, 0) is 11.3 Å². The highest BCUT2D eigenvalue weighted by molar-refractivity contribution is 5.75. The number of nitrogens with one attached hydrogen (secondary N) is 1. The molecule has 3 N–H and O–H groups in total. The van der Waals surface area contributed by atoms with E-state index in [1.54, 1.807) is 0 Å². The van der Waals surface area contributed by atoms with Crippen molar-refractivity contribution in [1.29, 1.82) is 0 Å². The standard InChI is InChI=1S/C11H19N3O/c12-6-2-1-5-11(15)13-7-10-14-8-3-4-9-14/h3-4,8-9H,1-2,5-7,10,12H2,(H,13,15). The molecule has 0 aliphatic carbocycles. The number of nitrogens with two attached hydrogens (primary N) is 1. The van der Waals surface area contributed by atoms with Crippen LogP contribution in [0.15, 0.2) is 24.5 Å². The molecule has 1 aromatic heterocycles. The van der Waals surface area contributed by atoms with Gasteiger partial charge in [-0.25, -0.2) is 0 Å². The predicted octanol–water partition coefficient (Wildman–Crippen LogP) is 0.733. The molecule has 0 unspecified atom stereocenters. The van der Waals surface area contributed by atoms with E-state index in [0.29, 0.717) is 19.5 Å². The zero-order valence-corrected chi connectivity index (χ0v) is 8.98. The third kappa shape index (κ3) is 5.22. The Morgan fingerprint density at radius 3 is 2.67 bits per heavy atom. The quantitative estimate of drug-likeness (QED) is 0.650. The first-order valence-electron chi connectivity index (χ1n) is 5.40. The number of rotatable bonds is 7. The zero-order chi connectivity index (χ0) is 10.9. The fourth-order valence-corrected chi connectivity index (χ4v) is 1.36. The van der Waals surface area contributed by atoms with Gasteiger partial charge in [0.05, 0.1) is 0 Å². The van der Waals surface area contributed by atoms with Crippen molar-refractivity contribution in [3.8, 4) is 0 Å². The second-order valence-corrected chi connectivity index (χ2v) is 3.52. The minimum Gasteiger partial charge on any atom is -0.354 e. The summed E-state index contributed by atoms with van der Waals surface area (Å²) in [5.74, 6) is 0.121. The van der Waals surface area contributed by atoms with Crippen molar-refractivity contribution in [2.45, 2.75) is 25.8 Å². The molecular weight excluding hydrogens is 190 g/mol. The molecule has 4 nitrogen and oxygen atoms in total. The number of carbonyl (C=O) groups excluding carboxylic acids is 1. The van der Waals surface area contributed by atoms with E-state index >= 15 is 0 Å². The monoisotopic (exact) mass is 209 g/mol. The van der Waals surface area contributed by atoms with Gasteiger partial charge in [-0.3, -0.25) is 4.79 Å². The Balaban J connectivity index is 2.02. The lowest BCUT2D eigenvalue weighted by molar-refractivity contribution is -0.121. The van der Waals surface area contributed by atoms with Crippen molar-refractivity contribution >= 4 is 5.91 Å². The Morgan fingerprint density at radius 1 is 1.27 bits per heavy atom. The molecule has 0 aliphatic heterocycles. The van der Waals surface area contributed by atoms with E-state index in [-0.39, 0.29) is 5.91 Å². The highest BCUT2D eigenvalue weighted by Gasteiger charge is 1.99. The summed E-state index contributed by atoms with van der Waals surface area (Å²) in [5.41, 5.74) is 5.34. The molecule has 0 saturated carbocycles. The number of hydrogen-bond donors (Lipinski definition) is 2. The Bertz CT molecular complexity index is 269. The first kappa shape index (κ1) is 11.8. The molecule has 4 heteroatoms. The van der Waals surface area contributed by atoms with E-state index in [2.05, 4.69) is 5.32 Å². The minimum absolute atomic E-state index is 0.121. The smallest absolute Gasteiger partial charge is 0.220 e. The molecular formula is C11H19N3O. The highest BCUT2D eigenvalue weighted by Crippen LogP contribution is 1.93. The van der Waals surface area contributed by atoms with Crippen LogP contribution in [0, 0.1) is 0 Å². The second-order valence-electron chi connectivity index (χ2n) is 3.52. The molecule has 0 aromatic carbocycles. The second kappa shape index (κ2) is 7.06. The van der Waals surface area contributed by atoms with E-state index in [9.17, 15) is 4.79 Å². The van der Waals surface area contributed by atoms with Crippen LogP contribution in [-0.4, -0.2) is 23.6 Å². The van der Waals surface area contributed by atoms with Gasteiger partial charge in [-0.15, -0.1) is 0 Å². The van der Waals surface area contributed by atoms with Gasteiger partial charge in [0.2, 0.25) is 5.91 Å². The average Bonchev–Trinajstić information content (AvgIpc) is 2.71. The molecule has 1 amide bonds. The Kier molecular flexibility index (Phi) is 5.55. The maximum Gasteiger partial charge on any atom is 0.220 e. The third-order valence-corrected chi connectivity index (χ3v) is 2.22.